The maximum Gasteiger partial charge on any atom is 1.00 e. The number of aliphatic carboxylic acids is 2. The normalized spacial score (nSPS) is 14.1. The SMILES string of the molecule is O=C(O)C[C@H](NC(=O)CP(=O)([O-])O)C(=O)[O-].[Na+].[Na+]. The average molecular weight is 299 g/mol. The van der Waals surface area contributed by atoms with Crippen molar-refractivity contribution in [3.8, 4) is 0 Å². The van der Waals surface area contributed by atoms with Crippen molar-refractivity contribution in [2.45, 2.75) is 12.5 Å². The van der Waals surface area contributed by atoms with Crippen LogP contribution in [0.25, 0.3) is 0 Å². The van der Waals surface area contributed by atoms with Crippen molar-refractivity contribution in [2.24, 2.45) is 0 Å². The van der Waals surface area contributed by atoms with Crippen LogP contribution in [0.15, 0.2) is 0 Å². The van der Waals surface area contributed by atoms with E-state index in [1.165, 1.54) is 0 Å². The number of rotatable bonds is 6. The van der Waals surface area contributed by atoms with Gasteiger partial charge in [-0.05, 0) is 0 Å². The molecule has 0 bridgehead atoms. The van der Waals surface area contributed by atoms with Gasteiger partial charge in [-0.25, -0.2) is 0 Å². The molecule has 9 nitrogen and oxygen atoms in total. The van der Waals surface area contributed by atoms with Crippen LogP contribution in [0.1, 0.15) is 6.42 Å². The molecule has 18 heavy (non-hydrogen) atoms. The van der Waals surface area contributed by atoms with Crippen LogP contribution < -0.4 is 74.4 Å². The van der Waals surface area contributed by atoms with Crippen molar-refractivity contribution < 1.29 is 98.1 Å². The molecule has 92 valence electrons. The van der Waals surface area contributed by atoms with Crippen molar-refractivity contribution in [2.75, 3.05) is 6.16 Å². The van der Waals surface area contributed by atoms with E-state index in [1.54, 1.807) is 5.32 Å². The predicted molar refractivity (Wildman–Crippen MR) is 43.9 cm³/mol. The molecular formula is C6H8NNa2O8P. The molecule has 2 atom stereocenters. The Morgan fingerprint density at radius 2 is 1.72 bits per heavy atom. The molecular weight excluding hydrogens is 291 g/mol. The summed E-state index contributed by atoms with van der Waals surface area (Å²) in [5, 5.41) is 20.2. The van der Waals surface area contributed by atoms with Gasteiger partial charge in [0.25, 0.3) is 0 Å². The van der Waals surface area contributed by atoms with Crippen LogP contribution >= 0.6 is 7.60 Å². The second kappa shape index (κ2) is 10.4. The molecule has 0 aromatic heterocycles. The van der Waals surface area contributed by atoms with Crippen molar-refractivity contribution in [1.82, 2.24) is 5.32 Å². The number of carbonyl (C=O) groups excluding carboxylic acids is 2. The van der Waals surface area contributed by atoms with Crippen LogP contribution in [0.2, 0.25) is 0 Å². The predicted octanol–water partition coefficient (Wildman–Crippen LogP) is -9.75. The summed E-state index contributed by atoms with van der Waals surface area (Å²) in [6.45, 7) is 0. The number of amides is 1. The zero-order valence-electron chi connectivity index (χ0n) is 9.78. The van der Waals surface area contributed by atoms with Gasteiger partial charge in [-0.2, -0.15) is 0 Å². The molecule has 0 saturated carbocycles. The first-order chi connectivity index (χ1) is 7.11. The Bertz CT molecular complexity index is 355. The van der Waals surface area contributed by atoms with Gasteiger partial charge in [0.05, 0.1) is 24.6 Å². The molecule has 0 aliphatic rings. The Kier molecular flexibility index (Phi) is 13.6. The van der Waals surface area contributed by atoms with E-state index in [0.29, 0.717) is 0 Å². The molecule has 0 heterocycles. The van der Waals surface area contributed by atoms with E-state index in [-0.39, 0.29) is 59.1 Å². The summed E-state index contributed by atoms with van der Waals surface area (Å²) in [5.74, 6) is -4.70. The second-order valence-corrected chi connectivity index (χ2v) is 4.42. The second-order valence-electron chi connectivity index (χ2n) is 2.83. The van der Waals surface area contributed by atoms with Crippen LogP contribution in [0.5, 0.6) is 0 Å². The van der Waals surface area contributed by atoms with Gasteiger partial charge in [0, 0.05) is 0 Å². The summed E-state index contributed by atoms with van der Waals surface area (Å²) in [6, 6.07) is -1.85. The Labute approximate surface area is 146 Å². The largest absolute Gasteiger partial charge is 1.00 e. The van der Waals surface area contributed by atoms with Crippen molar-refractivity contribution >= 4 is 25.4 Å². The van der Waals surface area contributed by atoms with Gasteiger partial charge in [-0.3, -0.25) is 9.59 Å². The van der Waals surface area contributed by atoms with Crippen LogP contribution in [0.3, 0.4) is 0 Å². The Hall–Kier alpha value is 0.560. The molecule has 0 radical (unpaired) electrons. The van der Waals surface area contributed by atoms with Gasteiger partial charge in [0.15, 0.2) is 0 Å². The first-order valence-corrected chi connectivity index (χ1v) is 5.63. The molecule has 0 saturated heterocycles. The molecule has 0 aliphatic heterocycles. The zero-order chi connectivity index (χ0) is 12.9. The fourth-order valence-electron chi connectivity index (χ4n) is 0.789. The topological polar surface area (TPSA) is 167 Å². The van der Waals surface area contributed by atoms with E-state index < -0.39 is 44.1 Å². The molecule has 3 N–H and O–H groups in total. The number of nitrogens with one attached hydrogen (secondary N) is 1. The van der Waals surface area contributed by atoms with E-state index in [4.69, 9.17) is 10.00 Å². The summed E-state index contributed by atoms with van der Waals surface area (Å²) in [7, 11) is -4.87. The Morgan fingerprint density at radius 1 is 1.28 bits per heavy atom. The van der Waals surface area contributed by atoms with Crippen molar-refractivity contribution in [3.63, 3.8) is 0 Å². The minimum Gasteiger partial charge on any atom is -0.778 e. The molecule has 1 amide bonds. The average Bonchev–Trinajstić information content (AvgIpc) is 1.97. The molecule has 0 aliphatic carbocycles. The Morgan fingerprint density at radius 3 is 2.00 bits per heavy atom. The molecule has 12 heteroatoms. The summed E-state index contributed by atoms with van der Waals surface area (Å²) in [6.07, 6.45) is -2.28. The summed E-state index contributed by atoms with van der Waals surface area (Å²) in [4.78, 5) is 49.9. The molecule has 0 aromatic rings. The Balaban J connectivity index is -0.00000112. The van der Waals surface area contributed by atoms with Crippen molar-refractivity contribution in [1.29, 1.82) is 0 Å². The van der Waals surface area contributed by atoms with Gasteiger partial charge in [-0.1, -0.05) is 0 Å². The number of carboxylic acids is 2. The van der Waals surface area contributed by atoms with E-state index >= 15 is 0 Å². The molecule has 0 rings (SSSR count). The molecule has 0 spiro atoms. The summed E-state index contributed by atoms with van der Waals surface area (Å²) >= 11 is 0. The quantitative estimate of drug-likeness (QED) is 0.321. The van der Waals surface area contributed by atoms with Gasteiger partial charge < -0.3 is 34.7 Å². The van der Waals surface area contributed by atoms with Crippen LogP contribution in [0, 0.1) is 0 Å². The maximum absolute atomic E-state index is 10.8. The fraction of sp³-hybridized carbons (Fsp3) is 0.500. The van der Waals surface area contributed by atoms with Crippen molar-refractivity contribution in [3.05, 3.63) is 0 Å². The van der Waals surface area contributed by atoms with Gasteiger partial charge in [0.2, 0.25) is 5.91 Å². The first-order valence-electron chi connectivity index (χ1n) is 3.86. The van der Waals surface area contributed by atoms with E-state index in [1.807, 2.05) is 0 Å². The van der Waals surface area contributed by atoms with Gasteiger partial charge in [0.1, 0.15) is 7.60 Å². The van der Waals surface area contributed by atoms with E-state index in [2.05, 4.69) is 0 Å². The molecule has 0 aromatic carbocycles. The molecule has 1 unspecified atom stereocenters. The minimum absolute atomic E-state index is 0. The fourth-order valence-corrected chi connectivity index (χ4v) is 1.24. The van der Waals surface area contributed by atoms with Gasteiger partial charge >= 0.3 is 65.1 Å². The van der Waals surface area contributed by atoms with Gasteiger partial charge in [-0.15, -0.1) is 0 Å². The standard InChI is InChI=1S/C6H10NO8P.2Na/c8-4(2-16(13,14)15)7-3(6(11)12)1-5(9)10;;/h3H,1-2H2,(H,7,8)(H,9,10)(H,11,12)(H2,13,14,15);;/q;2*+1/p-2/t3-;;/m0../s1. The summed E-state index contributed by atoms with van der Waals surface area (Å²) in [5.41, 5.74) is 0. The third kappa shape index (κ3) is 13.0. The van der Waals surface area contributed by atoms with Crippen LogP contribution in [-0.4, -0.2) is 40.0 Å². The van der Waals surface area contributed by atoms with E-state index in [0.717, 1.165) is 0 Å². The third-order valence-corrected chi connectivity index (χ3v) is 2.03. The number of carbonyl (C=O) groups is 3. The monoisotopic (exact) mass is 299 g/mol. The first kappa shape index (κ1) is 23.6. The maximum atomic E-state index is 10.8. The smallest absolute Gasteiger partial charge is 0.778 e. The minimum atomic E-state index is -4.87. The van der Waals surface area contributed by atoms with E-state index in [9.17, 15) is 28.9 Å². The molecule has 0 fully saturated rings. The van der Waals surface area contributed by atoms with Crippen LogP contribution in [0.4, 0.5) is 0 Å². The summed E-state index contributed by atoms with van der Waals surface area (Å²) < 4.78 is 10.3. The zero-order valence-corrected chi connectivity index (χ0v) is 14.7. The number of hydrogen-bond acceptors (Lipinski definition) is 6. The number of hydrogen-bond donors (Lipinski definition) is 3. The number of carboxylic acid groups (broad SMARTS) is 2. The third-order valence-electron chi connectivity index (χ3n) is 1.34. The van der Waals surface area contributed by atoms with Crippen LogP contribution in [-0.2, 0) is 18.9 Å².